The second-order valence-electron chi connectivity index (χ2n) is 12.3. The maximum atomic E-state index is 14.5. The van der Waals surface area contributed by atoms with Crippen molar-refractivity contribution in [3.05, 3.63) is 178 Å². The summed E-state index contributed by atoms with van der Waals surface area (Å²) >= 11 is 0. The Labute approximate surface area is 302 Å². The third-order valence-corrected chi connectivity index (χ3v) is 10.9. The number of fused-ring (bicyclic) bond motifs is 3. The molecule has 1 N–H and O–H groups in total. The summed E-state index contributed by atoms with van der Waals surface area (Å²) in [5.41, 5.74) is 16.0. The van der Waals surface area contributed by atoms with Crippen molar-refractivity contribution in [1.29, 1.82) is 0 Å². The van der Waals surface area contributed by atoms with Crippen LogP contribution < -0.4 is 9.84 Å². The number of carbonyl (C=O) groups excluding carboxylic acids is 2. The van der Waals surface area contributed by atoms with E-state index in [0.717, 1.165) is 33.4 Å². The van der Waals surface area contributed by atoms with E-state index in [0.29, 0.717) is 5.56 Å². The number of rotatable bonds is 15. The van der Waals surface area contributed by atoms with Crippen molar-refractivity contribution < 1.29 is 28.2 Å². The van der Waals surface area contributed by atoms with Crippen LogP contribution in [0.25, 0.3) is 21.6 Å². The minimum absolute atomic E-state index is 0.0277. The van der Waals surface area contributed by atoms with Crippen LogP contribution in [0.1, 0.15) is 33.7 Å². The topological polar surface area (TPSA) is 140 Å². The van der Waals surface area contributed by atoms with Gasteiger partial charge in [-0.15, -0.1) is 0 Å². The summed E-state index contributed by atoms with van der Waals surface area (Å²) in [5, 5.41) is 6.49. The molecule has 10 nitrogen and oxygen atoms in total. The summed E-state index contributed by atoms with van der Waals surface area (Å²) in [6, 6.07) is 38.4. The highest BCUT2D eigenvalue weighted by Crippen LogP contribution is 2.55. The standard InChI is InChI=1S/C41H37N4O6P/c1-2-23-49-40(46)38(43-41(47)50-26-36-34-19-11-9-17-32(34)33-18-10-12-20-35(33)36)25-31-21-22-39(37(24-31)44-45-42)51-52(48,27-29-13-5-3-6-14-29)28-30-15-7-4-8-16-30/h2-22,24,36,38H,1,23,25-28H2,(H,43,47)/t38-/m0/s1. The molecule has 262 valence electrons. The molecule has 0 spiro atoms. The summed E-state index contributed by atoms with van der Waals surface area (Å²) in [7, 11) is -3.42. The van der Waals surface area contributed by atoms with E-state index in [4.69, 9.17) is 14.0 Å². The first-order valence-corrected chi connectivity index (χ1v) is 18.8. The average molecular weight is 713 g/mol. The molecule has 0 aromatic heterocycles. The van der Waals surface area contributed by atoms with Gasteiger partial charge in [0.1, 0.15) is 25.0 Å². The highest BCUT2D eigenvalue weighted by molar-refractivity contribution is 7.57. The van der Waals surface area contributed by atoms with Crippen molar-refractivity contribution in [3.8, 4) is 16.9 Å². The number of carbonyl (C=O) groups is 2. The molecule has 1 aliphatic rings. The fourth-order valence-electron chi connectivity index (χ4n) is 6.37. The van der Waals surface area contributed by atoms with Gasteiger partial charge < -0.3 is 19.3 Å². The lowest BCUT2D eigenvalue weighted by molar-refractivity contribution is -0.144. The summed E-state index contributed by atoms with van der Waals surface area (Å²) in [4.78, 5) is 29.3. The first kappa shape index (κ1) is 35.7. The highest BCUT2D eigenvalue weighted by atomic mass is 31.2. The summed E-state index contributed by atoms with van der Waals surface area (Å²) in [5.74, 6) is -0.732. The molecule has 0 radical (unpaired) electrons. The number of nitrogens with zero attached hydrogens (tertiary/aromatic N) is 3. The van der Waals surface area contributed by atoms with Crippen molar-refractivity contribution in [1.82, 2.24) is 5.32 Å². The zero-order chi connectivity index (χ0) is 36.3. The van der Waals surface area contributed by atoms with Crippen LogP contribution in [0.3, 0.4) is 0 Å². The summed E-state index contributed by atoms with van der Waals surface area (Å²) < 4.78 is 31.7. The van der Waals surface area contributed by atoms with Crippen molar-refractivity contribution in [2.24, 2.45) is 5.11 Å². The van der Waals surface area contributed by atoms with Gasteiger partial charge in [-0.3, -0.25) is 4.57 Å². The lowest BCUT2D eigenvalue weighted by atomic mass is 9.98. The van der Waals surface area contributed by atoms with E-state index in [-0.39, 0.29) is 49.3 Å². The number of benzene rings is 5. The predicted molar refractivity (Wildman–Crippen MR) is 201 cm³/mol. The number of hydrogen-bond donors (Lipinski definition) is 1. The molecule has 1 aliphatic carbocycles. The number of hydrogen-bond acceptors (Lipinski definition) is 7. The second kappa shape index (κ2) is 16.8. The Morgan fingerprint density at radius 1 is 0.808 bits per heavy atom. The van der Waals surface area contributed by atoms with E-state index in [9.17, 15) is 19.7 Å². The van der Waals surface area contributed by atoms with E-state index in [1.165, 1.54) is 12.1 Å². The fraction of sp³-hybridized carbons (Fsp3) is 0.171. The molecule has 1 amide bonds. The Kier molecular flexibility index (Phi) is 11.5. The first-order chi connectivity index (χ1) is 25.4. The molecule has 0 unspecified atom stereocenters. The van der Waals surface area contributed by atoms with Crippen LogP contribution in [0.2, 0.25) is 0 Å². The molecular weight excluding hydrogens is 675 g/mol. The SMILES string of the molecule is C=CCOC(=O)[C@H](Cc1ccc(OP(=O)(Cc2ccccc2)Cc2ccccc2)c(N=[N+]=[N-])c1)NC(=O)OCC1c2ccccc2-c2ccccc21. The third-order valence-electron chi connectivity index (χ3n) is 8.68. The van der Waals surface area contributed by atoms with Crippen LogP contribution in [0.15, 0.2) is 145 Å². The van der Waals surface area contributed by atoms with Crippen LogP contribution in [-0.2, 0) is 37.6 Å². The van der Waals surface area contributed by atoms with E-state index in [2.05, 4.69) is 21.9 Å². The number of azide groups is 1. The molecule has 0 saturated carbocycles. The summed E-state index contributed by atoms with van der Waals surface area (Å²) in [6.07, 6.45) is 0.917. The average Bonchev–Trinajstić information content (AvgIpc) is 3.48. The molecular formula is C41H37N4O6P. The molecule has 11 heteroatoms. The van der Waals surface area contributed by atoms with Crippen LogP contribution >= 0.6 is 7.37 Å². The molecule has 5 aromatic carbocycles. The maximum Gasteiger partial charge on any atom is 0.407 e. The monoisotopic (exact) mass is 712 g/mol. The largest absolute Gasteiger partial charge is 0.460 e. The molecule has 5 aromatic rings. The van der Waals surface area contributed by atoms with Gasteiger partial charge in [0.25, 0.3) is 7.37 Å². The Hall–Kier alpha value is -6.08. The Morgan fingerprint density at radius 3 is 1.96 bits per heavy atom. The minimum Gasteiger partial charge on any atom is -0.460 e. The molecule has 1 atom stereocenters. The zero-order valence-electron chi connectivity index (χ0n) is 28.3. The van der Waals surface area contributed by atoms with Gasteiger partial charge in [-0.25, -0.2) is 9.59 Å². The zero-order valence-corrected chi connectivity index (χ0v) is 29.2. The van der Waals surface area contributed by atoms with Gasteiger partial charge in [0.2, 0.25) is 0 Å². The number of ether oxygens (including phenoxy) is 2. The fourth-order valence-corrected chi connectivity index (χ4v) is 8.66. The van der Waals surface area contributed by atoms with Crippen LogP contribution in [0.5, 0.6) is 5.75 Å². The van der Waals surface area contributed by atoms with E-state index in [1.54, 1.807) is 12.1 Å². The second-order valence-corrected chi connectivity index (χ2v) is 14.8. The number of nitrogens with one attached hydrogen (secondary N) is 1. The third kappa shape index (κ3) is 8.79. The number of amides is 1. The van der Waals surface area contributed by atoms with Crippen LogP contribution in [0, 0.1) is 0 Å². The lowest BCUT2D eigenvalue weighted by Crippen LogP contribution is -2.44. The van der Waals surface area contributed by atoms with Gasteiger partial charge in [0, 0.05) is 17.3 Å². The van der Waals surface area contributed by atoms with Gasteiger partial charge in [-0.2, -0.15) is 0 Å². The Bertz CT molecular complexity index is 2060. The summed E-state index contributed by atoms with van der Waals surface area (Å²) in [6.45, 7) is 3.60. The minimum atomic E-state index is -3.42. The van der Waals surface area contributed by atoms with Crippen molar-refractivity contribution in [2.75, 3.05) is 13.2 Å². The normalized spacial score (nSPS) is 12.4. The maximum absolute atomic E-state index is 14.5. The lowest BCUT2D eigenvalue weighted by Gasteiger charge is -2.22. The molecule has 52 heavy (non-hydrogen) atoms. The first-order valence-electron chi connectivity index (χ1n) is 16.8. The molecule has 0 aliphatic heterocycles. The highest BCUT2D eigenvalue weighted by Gasteiger charge is 2.31. The molecule has 0 heterocycles. The van der Waals surface area contributed by atoms with Gasteiger partial charge in [-0.1, -0.05) is 133 Å². The molecule has 0 saturated heterocycles. The van der Waals surface area contributed by atoms with Crippen molar-refractivity contribution in [3.63, 3.8) is 0 Å². The van der Waals surface area contributed by atoms with Gasteiger partial charge in [0.15, 0.2) is 0 Å². The van der Waals surface area contributed by atoms with Gasteiger partial charge in [0.05, 0.1) is 18.0 Å². The van der Waals surface area contributed by atoms with Gasteiger partial charge in [-0.05, 0) is 56.6 Å². The van der Waals surface area contributed by atoms with Gasteiger partial charge >= 0.3 is 12.1 Å². The predicted octanol–water partition coefficient (Wildman–Crippen LogP) is 9.86. The van der Waals surface area contributed by atoms with Crippen LogP contribution in [0.4, 0.5) is 10.5 Å². The molecule has 0 bridgehead atoms. The smallest absolute Gasteiger partial charge is 0.407 e. The quantitative estimate of drug-likeness (QED) is 0.0286. The molecule has 0 fully saturated rings. The number of alkyl carbamates (subject to hydrolysis) is 1. The van der Waals surface area contributed by atoms with Crippen LogP contribution in [-0.4, -0.2) is 31.3 Å². The Morgan fingerprint density at radius 2 is 1.38 bits per heavy atom. The number of esters is 1. The van der Waals surface area contributed by atoms with Crippen molar-refractivity contribution >= 4 is 25.1 Å². The van der Waals surface area contributed by atoms with Crippen molar-refractivity contribution in [2.45, 2.75) is 30.7 Å². The van der Waals surface area contributed by atoms with E-state index in [1.807, 2.05) is 109 Å². The molecule has 6 rings (SSSR count). The Balaban J connectivity index is 1.20. The van der Waals surface area contributed by atoms with E-state index >= 15 is 0 Å². The van der Waals surface area contributed by atoms with E-state index < -0.39 is 25.5 Å².